The molecule has 30 heavy (non-hydrogen) atoms. The molecule has 0 fully saturated rings. The average Bonchev–Trinajstić information content (AvgIpc) is 2.75. The van der Waals surface area contributed by atoms with Crippen molar-refractivity contribution >= 4 is 25.0 Å². The molecule has 3 N–H and O–H groups in total. The summed E-state index contributed by atoms with van der Waals surface area (Å²) >= 11 is 0. The van der Waals surface area contributed by atoms with Crippen LogP contribution in [-0.2, 0) is 19.1 Å². The van der Waals surface area contributed by atoms with Gasteiger partial charge in [0.2, 0.25) is 0 Å². The van der Waals surface area contributed by atoms with Gasteiger partial charge in [-0.3, -0.25) is 0 Å². The van der Waals surface area contributed by atoms with Crippen LogP contribution in [0.2, 0.25) is 0 Å². The molecule has 0 saturated heterocycles. The third-order valence-electron chi connectivity index (χ3n) is 4.76. The number of para-hydroxylation sites is 1. The van der Waals surface area contributed by atoms with E-state index in [1.807, 2.05) is 24.3 Å². The number of carbonyl (C=O) groups is 2. The van der Waals surface area contributed by atoms with Gasteiger partial charge in [-0.25, -0.2) is 0 Å². The van der Waals surface area contributed by atoms with Crippen molar-refractivity contribution in [2.24, 2.45) is 5.92 Å². The molecule has 1 aliphatic heterocycles. The van der Waals surface area contributed by atoms with Gasteiger partial charge in [0.15, 0.2) is 0 Å². The molecule has 1 atom stereocenters. The number of fused-ring (bicyclic) bond motifs is 3. The Labute approximate surface area is 174 Å². The number of benzene rings is 2. The van der Waals surface area contributed by atoms with E-state index in [0.717, 1.165) is 11.1 Å². The maximum atomic E-state index is 12.5. The first-order valence-corrected chi connectivity index (χ1v) is 11.7. The average molecular weight is 436 g/mol. The van der Waals surface area contributed by atoms with Crippen molar-refractivity contribution in [3.63, 3.8) is 0 Å². The molecule has 2 aromatic carbocycles. The molecule has 2 aromatic rings. The molecule has 0 saturated carbocycles. The van der Waals surface area contributed by atoms with Crippen LogP contribution in [0.5, 0.6) is 5.75 Å². The second-order valence-electron chi connectivity index (χ2n) is 6.87. The van der Waals surface area contributed by atoms with Crippen molar-refractivity contribution in [2.45, 2.75) is 6.42 Å². The Bertz CT molecular complexity index is 902. The van der Waals surface area contributed by atoms with E-state index < -0.39 is 25.6 Å². The van der Waals surface area contributed by atoms with Gasteiger partial charge in [-0.05, 0) is 0 Å². The molecule has 0 spiro atoms. The van der Waals surface area contributed by atoms with Crippen LogP contribution in [0, 0.1) is 5.92 Å². The molecule has 0 amide bonds. The molecule has 0 bridgehead atoms. The third-order valence-corrected chi connectivity index (χ3v) is 7.64. The zero-order chi connectivity index (χ0) is 21.6. The summed E-state index contributed by atoms with van der Waals surface area (Å²) in [6.45, 7) is -1.11. The van der Waals surface area contributed by atoms with Crippen LogP contribution >= 0.6 is 7.72 Å². The molecular formula is C21H25O8P. The van der Waals surface area contributed by atoms with Crippen molar-refractivity contribution in [3.8, 4) is 16.9 Å². The second-order valence-corrected chi connectivity index (χ2v) is 9.59. The van der Waals surface area contributed by atoms with Gasteiger partial charge in [-0.2, -0.15) is 0 Å². The molecule has 1 heterocycles. The fourth-order valence-electron chi connectivity index (χ4n) is 3.48. The molecule has 0 aromatic heterocycles. The van der Waals surface area contributed by atoms with Crippen molar-refractivity contribution in [2.75, 3.05) is 32.6 Å². The number of hydrogen-bond acceptors (Lipinski definition) is 8. The fourth-order valence-corrected chi connectivity index (χ4v) is 6.41. The first kappa shape index (κ1) is 22.2. The number of rotatable bonds is 9. The van der Waals surface area contributed by atoms with Gasteiger partial charge in [0.1, 0.15) is 0 Å². The predicted octanol–water partition coefficient (Wildman–Crippen LogP) is 1.02. The van der Waals surface area contributed by atoms with E-state index >= 15 is 0 Å². The van der Waals surface area contributed by atoms with Crippen molar-refractivity contribution in [3.05, 3.63) is 48.5 Å². The van der Waals surface area contributed by atoms with Crippen LogP contribution in [-0.4, -0.2) is 59.6 Å². The monoisotopic (exact) mass is 436 g/mol. The standard InChI is InChI=1S/C21H25O8P/c22-9-11-27-20(24)13-15(21(25)28-12-10-23)14-30(26)19-8-4-2-6-17(19)16-5-1-3-7-18(16)29-30/h1-8,15,22-23,26,30H,9-14H2. The van der Waals surface area contributed by atoms with Crippen LogP contribution in [0.15, 0.2) is 48.5 Å². The molecular weight excluding hydrogens is 411 g/mol. The fraction of sp³-hybridized carbons (Fsp3) is 0.333. The van der Waals surface area contributed by atoms with Crippen LogP contribution in [0.25, 0.3) is 11.1 Å². The zero-order valence-electron chi connectivity index (χ0n) is 16.3. The summed E-state index contributed by atoms with van der Waals surface area (Å²) in [6, 6.07) is 14.6. The van der Waals surface area contributed by atoms with E-state index in [1.165, 1.54) is 0 Å². The van der Waals surface area contributed by atoms with Crippen molar-refractivity contribution < 1.29 is 38.7 Å². The van der Waals surface area contributed by atoms with E-state index in [1.54, 1.807) is 24.3 Å². The van der Waals surface area contributed by atoms with Crippen LogP contribution in [0.3, 0.4) is 0 Å². The molecule has 8 nitrogen and oxygen atoms in total. The zero-order valence-corrected chi connectivity index (χ0v) is 17.3. The topological polar surface area (TPSA) is 123 Å². The van der Waals surface area contributed by atoms with Crippen LogP contribution in [0.1, 0.15) is 6.42 Å². The number of hydrogen-bond donors (Lipinski definition) is 3. The Balaban J connectivity index is 1.90. The van der Waals surface area contributed by atoms with Crippen molar-refractivity contribution in [1.29, 1.82) is 0 Å². The summed E-state index contributed by atoms with van der Waals surface area (Å²) in [6.07, 6.45) is -0.469. The van der Waals surface area contributed by atoms with E-state index in [4.69, 9.17) is 24.2 Å². The molecule has 3 rings (SSSR count). The Morgan fingerprint density at radius 2 is 1.57 bits per heavy atom. The van der Waals surface area contributed by atoms with Gasteiger partial charge in [0, 0.05) is 0 Å². The molecule has 0 aliphatic carbocycles. The number of esters is 2. The van der Waals surface area contributed by atoms with Crippen LogP contribution < -0.4 is 9.83 Å². The van der Waals surface area contributed by atoms with E-state index in [-0.39, 0.29) is 39.0 Å². The summed E-state index contributed by atoms with van der Waals surface area (Å²) < 4.78 is 15.9. The van der Waals surface area contributed by atoms with Gasteiger partial charge < -0.3 is 0 Å². The van der Waals surface area contributed by atoms with Gasteiger partial charge in [-0.1, -0.05) is 0 Å². The van der Waals surface area contributed by atoms with E-state index in [0.29, 0.717) is 11.1 Å². The normalized spacial score (nSPS) is 15.7. The quantitative estimate of drug-likeness (QED) is 0.393. The Hall–Kier alpha value is -2.51. The van der Waals surface area contributed by atoms with E-state index in [9.17, 15) is 14.5 Å². The predicted molar refractivity (Wildman–Crippen MR) is 112 cm³/mol. The summed E-state index contributed by atoms with van der Waals surface area (Å²) in [4.78, 5) is 36.2. The number of ether oxygens (including phenoxy) is 2. The number of aliphatic hydroxyl groups excluding tert-OH is 2. The first-order valence-electron chi connectivity index (χ1n) is 9.63. The van der Waals surface area contributed by atoms with Gasteiger partial charge in [0.05, 0.1) is 0 Å². The maximum absolute atomic E-state index is 12.5. The molecule has 9 heteroatoms. The minimum absolute atomic E-state index is 0.128. The minimum atomic E-state index is -3.69. The third kappa shape index (κ3) is 4.96. The Kier molecular flexibility index (Phi) is 7.39. The Morgan fingerprint density at radius 3 is 2.30 bits per heavy atom. The van der Waals surface area contributed by atoms with E-state index in [2.05, 4.69) is 0 Å². The Morgan fingerprint density at radius 1 is 0.933 bits per heavy atom. The molecule has 1 unspecified atom stereocenters. The van der Waals surface area contributed by atoms with Gasteiger partial charge >= 0.3 is 174 Å². The summed E-state index contributed by atoms with van der Waals surface area (Å²) in [5.41, 5.74) is 1.66. The summed E-state index contributed by atoms with van der Waals surface area (Å²) in [5, 5.41) is 18.4. The van der Waals surface area contributed by atoms with Gasteiger partial charge in [0.25, 0.3) is 0 Å². The molecule has 1 aliphatic rings. The van der Waals surface area contributed by atoms with Gasteiger partial charge in [-0.15, -0.1) is 0 Å². The first-order chi connectivity index (χ1) is 14.5. The summed E-state index contributed by atoms with van der Waals surface area (Å²) in [7, 11) is -3.69. The SMILES string of the molecule is O=C(CC(C[PH]1(O)Oc2ccccc2-c2ccccc21)C(=O)OCCO)OCCO. The number of aliphatic hydroxyl groups is 2. The second kappa shape index (κ2) is 10.00. The summed E-state index contributed by atoms with van der Waals surface area (Å²) in [5.74, 6) is -1.95. The molecule has 0 radical (unpaired) electrons. The van der Waals surface area contributed by atoms with Crippen LogP contribution in [0.4, 0.5) is 0 Å². The molecule has 162 valence electrons. The number of carbonyl (C=O) groups excluding carboxylic acids is 2. The van der Waals surface area contributed by atoms with Crippen molar-refractivity contribution in [1.82, 2.24) is 0 Å².